The largest absolute Gasteiger partial charge is 0.397 e. The molecule has 8 N–H and O–H groups in total. The van der Waals surface area contributed by atoms with Gasteiger partial charge < -0.3 is 21.3 Å². The average Bonchev–Trinajstić information content (AvgIpc) is 1.83. The van der Waals surface area contributed by atoms with Gasteiger partial charge >= 0.3 is 7.75 Å². The van der Waals surface area contributed by atoms with Gasteiger partial charge in [-0.1, -0.05) is 6.92 Å². The van der Waals surface area contributed by atoms with Crippen molar-refractivity contribution in [3.05, 3.63) is 0 Å². The van der Waals surface area contributed by atoms with E-state index >= 15 is 0 Å². The molecular formula is C4H16N3O3P. The average molecular weight is 185 g/mol. The van der Waals surface area contributed by atoms with Crippen molar-refractivity contribution >= 4 is 7.75 Å². The van der Waals surface area contributed by atoms with Crippen molar-refractivity contribution in [2.75, 3.05) is 6.54 Å². The van der Waals surface area contributed by atoms with Gasteiger partial charge in [-0.25, -0.2) is 10.1 Å². The van der Waals surface area contributed by atoms with E-state index in [-0.39, 0.29) is 6.04 Å². The van der Waals surface area contributed by atoms with E-state index in [1.165, 1.54) is 0 Å². The first-order valence-electron chi connectivity index (χ1n) is 3.11. The summed E-state index contributed by atoms with van der Waals surface area (Å²) in [7, 11) is -4.14. The summed E-state index contributed by atoms with van der Waals surface area (Å²) in [6, 6.07) is 0.213. The molecule has 0 saturated carbocycles. The maximum atomic E-state index is 9.10. The molecule has 0 aromatic rings. The Morgan fingerprint density at radius 3 is 1.82 bits per heavy atom. The molecule has 1 unspecified atom stereocenters. The fourth-order valence-electron chi connectivity index (χ4n) is 0.167. The van der Waals surface area contributed by atoms with Crippen molar-refractivity contribution in [3.63, 3.8) is 0 Å². The molecule has 0 amide bonds. The van der Waals surface area contributed by atoms with Crippen molar-refractivity contribution < 1.29 is 14.4 Å². The molecule has 0 saturated heterocycles. The quantitative estimate of drug-likeness (QED) is 0.340. The van der Waals surface area contributed by atoms with Gasteiger partial charge in [-0.05, 0) is 6.42 Å². The lowest BCUT2D eigenvalue weighted by atomic mass is 10.2. The van der Waals surface area contributed by atoms with Gasteiger partial charge in [-0.2, -0.15) is 0 Å². The Labute approximate surface area is 66.0 Å². The Hall–Kier alpha value is 0.0300. The van der Waals surface area contributed by atoms with E-state index in [1.54, 1.807) is 0 Å². The predicted molar refractivity (Wildman–Crippen MR) is 43.6 cm³/mol. The number of hydrogen-bond donors (Lipinski definition) is 5. The molecular weight excluding hydrogens is 169 g/mol. The van der Waals surface area contributed by atoms with Crippen molar-refractivity contribution in [3.8, 4) is 0 Å². The molecule has 7 heteroatoms. The summed E-state index contributed by atoms with van der Waals surface area (Å²) < 4.78 is 9.10. The van der Waals surface area contributed by atoms with E-state index < -0.39 is 7.75 Å². The van der Waals surface area contributed by atoms with Crippen LogP contribution in [0.4, 0.5) is 0 Å². The van der Waals surface area contributed by atoms with Crippen LogP contribution in [0.5, 0.6) is 0 Å². The summed E-state index contributed by atoms with van der Waals surface area (Å²) in [4.78, 5) is 14.8. The van der Waals surface area contributed by atoms with Gasteiger partial charge in [0.2, 0.25) is 0 Å². The Morgan fingerprint density at radius 2 is 1.82 bits per heavy atom. The van der Waals surface area contributed by atoms with Gasteiger partial charge in [0.25, 0.3) is 0 Å². The minimum Gasteiger partial charge on any atom is -0.329 e. The second-order valence-electron chi connectivity index (χ2n) is 1.99. The van der Waals surface area contributed by atoms with Crippen LogP contribution in [0.3, 0.4) is 0 Å². The van der Waals surface area contributed by atoms with Crippen molar-refractivity contribution in [1.82, 2.24) is 0 Å². The first-order chi connectivity index (χ1) is 4.81. The molecule has 11 heavy (non-hydrogen) atoms. The smallest absolute Gasteiger partial charge is 0.329 e. The Morgan fingerprint density at radius 1 is 1.55 bits per heavy atom. The molecule has 0 aliphatic heterocycles. The van der Waals surface area contributed by atoms with Crippen molar-refractivity contribution in [1.29, 1.82) is 0 Å². The number of rotatable bonds is 2. The highest BCUT2D eigenvalue weighted by Crippen LogP contribution is 2.20. The van der Waals surface area contributed by atoms with E-state index in [1.807, 2.05) is 6.92 Å². The van der Waals surface area contributed by atoms with Crippen LogP contribution < -0.4 is 17.0 Å². The first-order valence-corrected chi connectivity index (χ1v) is 4.79. The van der Waals surface area contributed by atoms with Gasteiger partial charge in [0.05, 0.1) is 0 Å². The molecule has 0 aromatic heterocycles. The maximum absolute atomic E-state index is 9.10. The van der Waals surface area contributed by atoms with E-state index in [0.29, 0.717) is 6.54 Å². The van der Waals surface area contributed by atoms with Gasteiger partial charge in [-0.3, -0.25) is 0 Å². The molecule has 0 heterocycles. The van der Waals surface area contributed by atoms with E-state index in [2.05, 4.69) is 5.50 Å². The number of hydrogen-bond acceptors (Lipinski definition) is 3. The molecule has 0 aromatic carbocycles. The minimum absolute atomic E-state index is 0.213. The zero-order valence-corrected chi connectivity index (χ0v) is 7.37. The summed E-state index contributed by atoms with van der Waals surface area (Å²) >= 11 is 0. The van der Waals surface area contributed by atoms with Crippen LogP contribution in [0.15, 0.2) is 0 Å². The Kier molecular flexibility index (Phi) is 8.32. The molecule has 1 atom stereocenters. The van der Waals surface area contributed by atoms with Crippen molar-refractivity contribution in [2.45, 2.75) is 19.4 Å². The standard InChI is InChI=1S/C4H12N2.H4NO3P/c1-2-4(6)3-5;1-5(2,3)4/h4H,2-3,5-6H2,1H3;(H4,1,2,3,4). The monoisotopic (exact) mass is 185 g/mol. The second kappa shape index (κ2) is 6.72. The summed E-state index contributed by atoms with van der Waals surface area (Å²) in [6.07, 6.45) is 0.983. The molecule has 0 spiro atoms. The van der Waals surface area contributed by atoms with Gasteiger partial charge in [0, 0.05) is 12.6 Å². The molecule has 0 aliphatic carbocycles. The minimum atomic E-state index is -4.14. The topological polar surface area (TPSA) is 136 Å². The molecule has 6 nitrogen and oxygen atoms in total. The lowest BCUT2D eigenvalue weighted by Crippen LogP contribution is -2.28. The molecule has 70 valence electrons. The van der Waals surface area contributed by atoms with Crippen LogP contribution in [0.25, 0.3) is 0 Å². The SMILES string of the molecule is CCC(N)CN.NP(=O)(O)O. The van der Waals surface area contributed by atoms with Crippen LogP contribution in [-0.4, -0.2) is 22.4 Å². The molecule has 0 bridgehead atoms. The molecule has 0 aliphatic rings. The molecule has 0 radical (unpaired) electrons. The molecule has 0 fully saturated rings. The van der Waals surface area contributed by atoms with Gasteiger partial charge in [0.1, 0.15) is 0 Å². The van der Waals surface area contributed by atoms with Gasteiger partial charge in [0.15, 0.2) is 0 Å². The predicted octanol–water partition coefficient (Wildman–Crippen LogP) is -1.28. The second-order valence-corrected chi connectivity index (χ2v) is 3.17. The Balaban J connectivity index is 0. The lowest BCUT2D eigenvalue weighted by Gasteiger charge is -1.99. The highest BCUT2D eigenvalue weighted by Gasteiger charge is 1.96. The molecule has 0 rings (SSSR count). The normalized spacial score (nSPS) is 13.3. The van der Waals surface area contributed by atoms with E-state index in [9.17, 15) is 0 Å². The fourth-order valence-corrected chi connectivity index (χ4v) is 0.167. The third-order valence-electron chi connectivity index (χ3n) is 0.827. The summed E-state index contributed by atoms with van der Waals surface area (Å²) in [5, 5.41) is 0. The highest BCUT2D eigenvalue weighted by molar-refractivity contribution is 7.49. The van der Waals surface area contributed by atoms with Crippen LogP contribution >= 0.6 is 7.75 Å². The first kappa shape index (κ1) is 13.6. The highest BCUT2D eigenvalue weighted by atomic mass is 31.2. The van der Waals surface area contributed by atoms with Crippen LogP contribution in [0.1, 0.15) is 13.3 Å². The van der Waals surface area contributed by atoms with E-state index in [0.717, 1.165) is 6.42 Å². The third kappa shape index (κ3) is 39.8. The summed E-state index contributed by atoms with van der Waals surface area (Å²) in [5.74, 6) is 0. The zero-order chi connectivity index (χ0) is 9.49. The fraction of sp³-hybridized carbons (Fsp3) is 1.00. The van der Waals surface area contributed by atoms with Crippen LogP contribution in [-0.2, 0) is 4.57 Å². The summed E-state index contributed by atoms with van der Waals surface area (Å²) in [6.45, 7) is 2.63. The maximum Gasteiger partial charge on any atom is 0.397 e. The summed E-state index contributed by atoms with van der Waals surface area (Å²) in [5.41, 5.74) is 14.5. The lowest BCUT2D eigenvalue weighted by molar-refractivity contribution is 0.374. The number of nitrogens with two attached hydrogens (primary N) is 3. The van der Waals surface area contributed by atoms with E-state index in [4.69, 9.17) is 25.8 Å². The van der Waals surface area contributed by atoms with Gasteiger partial charge in [-0.15, -0.1) is 0 Å². The zero-order valence-electron chi connectivity index (χ0n) is 6.47. The third-order valence-corrected chi connectivity index (χ3v) is 0.827. The Bertz CT molecular complexity index is 113. The van der Waals surface area contributed by atoms with Crippen LogP contribution in [0, 0.1) is 0 Å². The van der Waals surface area contributed by atoms with Crippen LogP contribution in [0.2, 0.25) is 0 Å². The van der Waals surface area contributed by atoms with Crippen molar-refractivity contribution in [2.24, 2.45) is 17.0 Å².